The maximum absolute atomic E-state index is 13.8. The van der Waals surface area contributed by atoms with E-state index in [0.29, 0.717) is 0 Å². The summed E-state index contributed by atoms with van der Waals surface area (Å²) in [5.41, 5.74) is 0.443. The highest BCUT2D eigenvalue weighted by Gasteiger charge is 2.16. The molecule has 5 heteroatoms. The molecule has 0 aromatic heterocycles. The molecule has 0 atom stereocenters. The van der Waals surface area contributed by atoms with Gasteiger partial charge in [0.25, 0.3) is 0 Å². The Balaban J connectivity index is 2.70. The van der Waals surface area contributed by atoms with Crippen LogP contribution in [0.1, 0.15) is 5.56 Å². The van der Waals surface area contributed by atoms with Crippen LogP contribution in [0.3, 0.4) is 0 Å². The number of hydrogen-bond acceptors (Lipinski definition) is 1. The average Bonchev–Trinajstić information content (AvgIpc) is 2.32. The standard InChI is InChI=1S/C13H8Cl2F2O/c1-6-2-3-7(13(17)12(6)16)8-4-10(15)11(18)5-9(8)14/h2-5,18H,1H3. The Hall–Kier alpha value is -1.32. The molecular weight excluding hydrogens is 281 g/mol. The van der Waals surface area contributed by atoms with E-state index in [2.05, 4.69) is 0 Å². The van der Waals surface area contributed by atoms with Gasteiger partial charge in [-0.1, -0.05) is 35.3 Å². The van der Waals surface area contributed by atoms with E-state index in [-0.39, 0.29) is 32.5 Å². The number of aromatic hydroxyl groups is 1. The van der Waals surface area contributed by atoms with Crippen LogP contribution in [0, 0.1) is 18.6 Å². The van der Waals surface area contributed by atoms with Crippen molar-refractivity contribution in [3.63, 3.8) is 0 Å². The summed E-state index contributed by atoms with van der Waals surface area (Å²) in [5, 5.41) is 9.47. The van der Waals surface area contributed by atoms with Gasteiger partial charge in [-0.05, 0) is 18.6 Å². The molecular formula is C13H8Cl2F2O. The third-order valence-corrected chi connectivity index (χ3v) is 3.22. The van der Waals surface area contributed by atoms with Crippen molar-refractivity contribution in [3.05, 3.63) is 51.5 Å². The number of aryl methyl sites for hydroxylation is 1. The fourth-order valence-electron chi connectivity index (χ4n) is 1.60. The van der Waals surface area contributed by atoms with Crippen molar-refractivity contribution in [1.29, 1.82) is 0 Å². The number of phenols is 1. The normalized spacial score (nSPS) is 10.7. The predicted molar refractivity (Wildman–Crippen MR) is 68.2 cm³/mol. The van der Waals surface area contributed by atoms with Gasteiger partial charge in [-0.25, -0.2) is 8.78 Å². The second kappa shape index (κ2) is 4.75. The molecule has 0 unspecified atom stereocenters. The Kier molecular flexibility index (Phi) is 3.46. The van der Waals surface area contributed by atoms with Crippen LogP contribution in [-0.2, 0) is 0 Å². The number of halogens is 4. The topological polar surface area (TPSA) is 20.2 Å². The second-order valence-corrected chi connectivity index (χ2v) is 4.66. The lowest BCUT2D eigenvalue weighted by molar-refractivity contribution is 0.475. The molecule has 0 spiro atoms. The number of rotatable bonds is 1. The highest BCUT2D eigenvalue weighted by atomic mass is 35.5. The molecule has 2 rings (SSSR count). The Morgan fingerprint density at radius 3 is 2.28 bits per heavy atom. The van der Waals surface area contributed by atoms with E-state index in [4.69, 9.17) is 23.2 Å². The lowest BCUT2D eigenvalue weighted by Crippen LogP contribution is -1.93. The molecule has 0 radical (unpaired) electrons. The third-order valence-electron chi connectivity index (χ3n) is 2.60. The van der Waals surface area contributed by atoms with Crippen molar-refractivity contribution in [1.82, 2.24) is 0 Å². The van der Waals surface area contributed by atoms with Crippen molar-refractivity contribution in [2.45, 2.75) is 6.92 Å². The minimum atomic E-state index is -0.987. The van der Waals surface area contributed by atoms with Gasteiger partial charge < -0.3 is 5.11 Å². The summed E-state index contributed by atoms with van der Waals surface area (Å²) in [6, 6.07) is 5.36. The molecule has 2 aromatic carbocycles. The van der Waals surface area contributed by atoms with Gasteiger partial charge in [-0.3, -0.25) is 0 Å². The van der Waals surface area contributed by atoms with Crippen LogP contribution < -0.4 is 0 Å². The van der Waals surface area contributed by atoms with E-state index in [1.807, 2.05) is 0 Å². The lowest BCUT2D eigenvalue weighted by atomic mass is 10.0. The summed E-state index contributed by atoms with van der Waals surface area (Å²) in [6.45, 7) is 1.47. The maximum atomic E-state index is 13.8. The molecule has 2 aromatic rings. The van der Waals surface area contributed by atoms with Crippen LogP contribution in [0.25, 0.3) is 11.1 Å². The molecule has 0 saturated carbocycles. The first-order chi connectivity index (χ1) is 8.41. The largest absolute Gasteiger partial charge is 0.506 e. The molecule has 0 amide bonds. The second-order valence-electron chi connectivity index (χ2n) is 3.84. The van der Waals surface area contributed by atoms with Gasteiger partial charge in [0.2, 0.25) is 0 Å². The highest BCUT2D eigenvalue weighted by molar-refractivity contribution is 6.36. The number of benzene rings is 2. The molecule has 0 aliphatic carbocycles. The molecule has 94 valence electrons. The summed E-state index contributed by atoms with van der Waals surface area (Å²) in [7, 11) is 0. The van der Waals surface area contributed by atoms with E-state index in [9.17, 15) is 13.9 Å². The van der Waals surface area contributed by atoms with Gasteiger partial charge in [0.1, 0.15) is 5.75 Å². The van der Waals surface area contributed by atoms with Crippen LogP contribution in [0.5, 0.6) is 5.75 Å². The molecule has 0 aliphatic rings. The fraction of sp³-hybridized carbons (Fsp3) is 0.0769. The molecule has 1 N–H and O–H groups in total. The molecule has 0 bridgehead atoms. The summed E-state index contributed by atoms with van der Waals surface area (Å²) >= 11 is 11.6. The number of hydrogen-bond donors (Lipinski definition) is 1. The van der Waals surface area contributed by atoms with E-state index >= 15 is 0 Å². The monoisotopic (exact) mass is 288 g/mol. The minimum Gasteiger partial charge on any atom is -0.506 e. The zero-order valence-electron chi connectivity index (χ0n) is 9.27. The van der Waals surface area contributed by atoms with Crippen molar-refractivity contribution in [3.8, 4) is 16.9 Å². The van der Waals surface area contributed by atoms with E-state index in [1.54, 1.807) is 0 Å². The minimum absolute atomic E-state index is 0.00463. The zero-order chi connectivity index (χ0) is 13.4. The zero-order valence-corrected chi connectivity index (χ0v) is 10.8. The van der Waals surface area contributed by atoms with Crippen molar-refractivity contribution in [2.75, 3.05) is 0 Å². The van der Waals surface area contributed by atoms with Gasteiger partial charge in [0.05, 0.1) is 10.0 Å². The van der Waals surface area contributed by atoms with Crippen LogP contribution in [-0.4, -0.2) is 5.11 Å². The summed E-state index contributed by atoms with van der Waals surface area (Å²) in [4.78, 5) is 0. The SMILES string of the molecule is Cc1ccc(-c2cc(Cl)c(O)cc2Cl)c(F)c1F. The molecule has 18 heavy (non-hydrogen) atoms. The predicted octanol–water partition coefficient (Wildman–Crippen LogP) is 4.95. The molecule has 0 fully saturated rings. The van der Waals surface area contributed by atoms with Crippen LogP contribution >= 0.6 is 23.2 Å². The Labute approximate surface area is 113 Å². The first kappa shape index (κ1) is 13.1. The van der Waals surface area contributed by atoms with E-state index in [0.717, 1.165) is 0 Å². The van der Waals surface area contributed by atoms with Gasteiger partial charge in [0, 0.05) is 17.2 Å². The highest BCUT2D eigenvalue weighted by Crippen LogP contribution is 2.37. The third kappa shape index (κ3) is 2.16. The van der Waals surface area contributed by atoms with Crippen LogP contribution in [0.4, 0.5) is 8.78 Å². The Morgan fingerprint density at radius 1 is 0.944 bits per heavy atom. The van der Waals surface area contributed by atoms with Crippen LogP contribution in [0.2, 0.25) is 10.0 Å². The summed E-state index contributed by atoms with van der Waals surface area (Å²) < 4.78 is 27.3. The first-order valence-electron chi connectivity index (χ1n) is 5.04. The van der Waals surface area contributed by atoms with Gasteiger partial charge in [0.15, 0.2) is 11.6 Å². The van der Waals surface area contributed by atoms with Crippen LogP contribution in [0.15, 0.2) is 24.3 Å². The summed E-state index contributed by atoms with van der Waals surface area (Å²) in [5.74, 6) is -2.12. The van der Waals surface area contributed by atoms with Gasteiger partial charge >= 0.3 is 0 Å². The molecule has 0 aliphatic heterocycles. The smallest absolute Gasteiger partial charge is 0.166 e. The lowest BCUT2D eigenvalue weighted by Gasteiger charge is -2.09. The summed E-state index contributed by atoms with van der Waals surface area (Å²) in [6.07, 6.45) is 0. The quantitative estimate of drug-likeness (QED) is 0.787. The molecule has 0 saturated heterocycles. The Bertz CT molecular complexity index is 627. The van der Waals surface area contributed by atoms with Gasteiger partial charge in [-0.2, -0.15) is 0 Å². The Morgan fingerprint density at radius 2 is 1.61 bits per heavy atom. The molecule has 1 nitrogen and oxygen atoms in total. The fourth-order valence-corrected chi connectivity index (χ4v) is 2.02. The van der Waals surface area contributed by atoms with Crippen molar-refractivity contribution in [2.24, 2.45) is 0 Å². The van der Waals surface area contributed by atoms with E-state index < -0.39 is 11.6 Å². The van der Waals surface area contributed by atoms with E-state index in [1.165, 1.54) is 31.2 Å². The maximum Gasteiger partial charge on any atom is 0.166 e. The first-order valence-corrected chi connectivity index (χ1v) is 5.80. The molecule has 0 heterocycles. The average molecular weight is 289 g/mol. The van der Waals surface area contributed by atoms with Crippen molar-refractivity contribution >= 4 is 23.2 Å². The number of phenolic OH excluding ortho intramolecular Hbond substituents is 1. The van der Waals surface area contributed by atoms with Crippen molar-refractivity contribution < 1.29 is 13.9 Å². The van der Waals surface area contributed by atoms with Gasteiger partial charge in [-0.15, -0.1) is 0 Å².